The number of aliphatic carboxylic acids is 1. The molecule has 0 spiro atoms. The van der Waals surface area contributed by atoms with Gasteiger partial charge in [0.05, 0.1) is 31.8 Å². The molecule has 1 N–H and O–H groups in total. The smallest absolute Gasteiger partial charge is 0.338 e. The van der Waals surface area contributed by atoms with E-state index >= 15 is 0 Å². The number of benzene rings is 2. The van der Waals surface area contributed by atoms with E-state index in [4.69, 9.17) is 18.9 Å². The summed E-state index contributed by atoms with van der Waals surface area (Å²) in [5, 5.41) is 20.0. The highest BCUT2D eigenvalue weighted by molar-refractivity contribution is 5.96. The first kappa shape index (κ1) is 23.4. The van der Waals surface area contributed by atoms with Crippen LogP contribution in [0.2, 0.25) is 0 Å². The number of hydrogen-bond acceptors (Lipinski definition) is 7. The zero-order chi connectivity index (χ0) is 24.5. The van der Waals surface area contributed by atoms with E-state index in [2.05, 4.69) is 6.07 Å². The van der Waals surface area contributed by atoms with Crippen LogP contribution in [0.5, 0.6) is 17.2 Å². The Balaban J connectivity index is 1.92. The van der Waals surface area contributed by atoms with Crippen molar-refractivity contribution in [1.82, 2.24) is 0 Å². The summed E-state index contributed by atoms with van der Waals surface area (Å²) in [7, 11) is 2.98. The standard InChI is InChI=1S/C26H27NO7/c1-4-15(13-27)23(26(25(29)30)11-6-12-26)34-21-17(9-10-20(31-2)22(21)32-3)16-7-5-8-18-19(16)14-33-24(18)28/h5,7-10,15,23H,4,6,11-12,14H2,1-3H3,(H,29,30). The summed E-state index contributed by atoms with van der Waals surface area (Å²) in [5.74, 6) is -1.04. The maximum Gasteiger partial charge on any atom is 0.338 e. The molecule has 8 heteroatoms. The van der Waals surface area contributed by atoms with Crippen molar-refractivity contribution in [2.75, 3.05) is 14.2 Å². The van der Waals surface area contributed by atoms with Crippen molar-refractivity contribution >= 4 is 11.9 Å². The van der Waals surface area contributed by atoms with E-state index in [1.165, 1.54) is 14.2 Å². The number of esters is 1. The predicted octanol–water partition coefficient (Wildman–Crippen LogP) is 4.59. The van der Waals surface area contributed by atoms with Gasteiger partial charge in [-0.1, -0.05) is 25.5 Å². The van der Waals surface area contributed by atoms with Gasteiger partial charge >= 0.3 is 11.9 Å². The molecule has 1 saturated carbocycles. The lowest BCUT2D eigenvalue weighted by Gasteiger charge is -2.45. The number of carbonyl (C=O) groups is 2. The number of ether oxygens (including phenoxy) is 4. The fourth-order valence-corrected chi connectivity index (χ4v) is 4.89. The minimum atomic E-state index is -1.17. The molecule has 8 nitrogen and oxygen atoms in total. The Morgan fingerprint density at radius 1 is 1.15 bits per heavy atom. The second kappa shape index (κ2) is 9.26. The number of rotatable bonds is 9. The molecule has 1 fully saturated rings. The molecule has 0 amide bonds. The van der Waals surface area contributed by atoms with Crippen molar-refractivity contribution in [1.29, 1.82) is 5.26 Å². The van der Waals surface area contributed by atoms with Crippen LogP contribution in [0, 0.1) is 22.7 Å². The zero-order valence-corrected chi connectivity index (χ0v) is 19.4. The Morgan fingerprint density at radius 3 is 2.44 bits per heavy atom. The average Bonchev–Trinajstić information content (AvgIpc) is 3.19. The predicted molar refractivity (Wildman–Crippen MR) is 122 cm³/mol. The molecule has 0 saturated heterocycles. The molecule has 1 aliphatic carbocycles. The van der Waals surface area contributed by atoms with Gasteiger partial charge in [-0.2, -0.15) is 5.26 Å². The van der Waals surface area contributed by atoms with Crippen LogP contribution in [0.15, 0.2) is 30.3 Å². The van der Waals surface area contributed by atoms with Crippen molar-refractivity contribution in [3.05, 3.63) is 41.5 Å². The summed E-state index contributed by atoms with van der Waals surface area (Å²) >= 11 is 0. The molecule has 0 aromatic heterocycles. The van der Waals surface area contributed by atoms with Crippen LogP contribution < -0.4 is 14.2 Å². The first-order valence-corrected chi connectivity index (χ1v) is 11.3. The van der Waals surface area contributed by atoms with E-state index in [1.54, 1.807) is 24.3 Å². The summed E-state index contributed by atoms with van der Waals surface area (Å²) in [6.07, 6.45) is 1.14. The summed E-state index contributed by atoms with van der Waals surface area (Å²) in [6, 6.07) is 11.1. The lowest BCUT2D eigenvalue weighted by Crippen LogP contribution is -2.53. The number of nitriles is 1. The molecule has 0 bridgehead atoms. The Kier molecular flexibility index (Phi) is 6.38. The molecular formula is C26H27NO7. The maximum atomic E-state index is 12.4. The lowest BCUT2D eigenvalue weighted by molar-refractivity contribution is -0.166. The second-order valence-corrected chi connectivity index (χ2v) is 8.58. The number of nitrogens with zero attached hydrogens (tertiary/aromatic N) is 1. The minimum Gasteiger partial charge on any atom is -0.493 e. The Labute approximate surface area is 198 Å². The third-order valence-corrected chi connectivity index (χ3v) is 6.97. The normalized spacial score (nSPS) is 17.4. The SMILES string of the molecule is CCC(C#N)C(Oc1c(-c2cccc3c2COC3=O)ccc(OC)c1OC)C1(C(=O)O)CCC1. The Bertz CT molecular complexity index is 1160. The molecule has 178 valence electrons. The van der Waals surface area contributed by atoms with Crippen LogP contribution in [0.4, 0.5) is 0 Å². The number of carboxylic acid groups (broad SMARTS) is 1. The Hall–Kier alpha value is -3.73. The van der Waals surface area contributed by atoms with Crippen LogP contribution in [-0.4, -0.2) is 37.4 Å². The fraction of sp³-hybridized carbons (Fsp3) is 0.423. The van der Waals surface area contributed by atoms with Crippen molar-refractivity contribution in [2.45, 2.75) is 45.3 Å². The lowest BCUT2D eigenvalue weighted by atomic mass is 9.62. The summed E-state index contributed by atoms with van der Waals surface area (Å²) in [4.78, 5) is 24.5. The number of carbonyl (C=O) groups excluding carboxylic acids is 1. The van der Waals surface area contributed by atoms with Gasteiger partial charge in [0.15, 0.2) is 11.5 Å². The molecule has 1 aliphatic heterocycles. The van der Waals surface area contributed by atoms with Crippen LogP contribution >= 0.6 is 0 Å². The molecule has 4 rings (SSSR count). The van der Waals surface area contributed by atoms with Crippen LogP contribution in [-0.2, 0) is 16.1 Å². The number of hydrogen-bond donors (Lipinski definition) is 1. The van der Waals surface area contributed by atoms with Gasteiger partial charge < -0.3 is 24.1 Å². The number of fused-ring (bicyclic) bond motifs is 1. The summed E-state index contributed by atoms with van der Waals surface area (Å²) < 4.78 is 22.9. The molecule has 1 heterocycles. The first-order valence-electron chi connectivity index (χ1n) is 11.3. The van der Waals surface area contributed by atoms with Gasteiger partial charge in [-0.25, -0.2) is 4.79 Å². The highest BCUT2D eigenvalue weighted by Gasteiger charge is 2.55. The van der Waals surface area contributed by atoms with E-state index in [0.29, 0.717) is 53.0 Å². The molecule has 2 unspecified atom stereocenters. The van der Waals surface area contributed by atoms with Gasteiger partial charge in [0.25, 0.3) is 0 Å². The van der Waals surface area contributed by atoms with Gasteiger partial charge in [-0.15, -0.1) is 0 Å². The summed E-state index contributed by atoms with van der Waals surface area (Å²) in [5.41, 5.74) is 1.33. The molecule has 34 heavy (non-hydrogen) atoms. The minimum absolute atomic E-state index is 0.121. The van der Waals surface area contributed by atoms with E-state index in [0.717, 1.165) is 6.42 Å². The molecule has 0 radical (unpaired) electrons. The molecule has 2 aromatic rings. The van der Waals surface area contributed by atoms with Crippen LogP contribution in [0.3, 0.4) is 0 Å². The zero-order valence-electron chi connectivity index (χ0n) is 19.4. The van der Waals surface area contributed by atoms with Crippen molar-refractivity contribution < 1.29 is 33.6 Å². The van der Waals surface area contributed by atoms with Gasteiger partial charge in [-0.05, 0) is 43.0 Å². The molecule has 2 aromatic carbocycles. The van der Waals surface area contributed by atoms with Gasteiger partial charge in [0.2, 0.25) is 5.75 Å². The number of methoxy groups -OCH3 is 2. The monoisotopic (exact) mass is 465 g/mol. The summed E-state index contributed by atoms with van der Waals surface area (Å²) in [6.45, 7) is 1.96. The van der Waals surface area contributed by atoms with Gasteiger partial charge in [0, 0.05) is 11.1 Å². The Morgan fingerprint density at radius 2 is 1.88 bits per heavy atom. The third-order valence-electron chi connectivity index (χ3n) is 6.97. The highest BCUT2D eigenvalue weighted by Crippen LogP contribution is 2.52. The first-order chi connectivity index (χ1) is 16.4. The van der Waals surface area contributed by atoms with Crippen LogP contribution in [0.1, 0.15) is 48.5 Å². The highest BCUT2D eigenvalue weighted by atomic mass is 16.5. The van der Waals surface area contributed by atoms with Crippen molar-refractivity contribution in [3.8, 4) is 34.4 Å². The number of carboxylic acids is 1. The van der Waals surface area contributed by atoms with E-state index < -0.39 is 29.4 Å². The molecule has 2 atom stereocenters. The van der Waals surface area contributed by atoms with Crippen LogP contribution in [0.25, 0.3) is 11.1 Å². The fourth-order valence-electron chi connectivity index (χ4n) is 4.89. The van der Waals surface area contributed by atoms with Crippen molar-refractivity contribution in [2.24, 2.45) is 11.3 Å². The van der Waals surface area contributed by atoms with E-state index in [1.807, 2.05) is 13.0 Å². The van der Waals surface area contributed by atoms with E-state index in [-0.39, 0.29) is 12.4 Å². The molecule has 2 aliphatic rings. The quantitative estimate of drug-likeness (QED) is 0.535. The average molecular weight is 466 g/mol. The third kappa shape index (κ3) is 3.61. The largest absolute Gasteiger partial charge is 0.493 e. The van der Waals surface area contributed by atoms with Gasteiger partial charge in [-0.3, -0.25) is 4.79 Å². The number of cyclic esters (lactones) is 1. The topological polar surface area (TPSA) is 115 Å². The maximum absolute atomic E-state index is 12.4. The van der Waals surface area contributed by atoms with E-state index in [9.17, 15) is 20.0 Å². The van der Waals surface area contributed by atoms with Gasteiger partial charge in [0.1, 0.15) is 18.1 Å². The second-order valence-electron chi connectivity index (χ2n) is 8.58. The molecular weight excluding hydrogens is 438 g/mol. The van der Waals surface area contributed by atoms with Crippen molar-refractivity contribution in [3.63, 3.8) is 0 Å².